The fourth-order valence-corrected chi connectivity index (χ4v) is 0.289. The van der Waals surface area contributed by atoms with Gasteiger partial charge in [0.15, 0.2) is 0 Å². The average molecular weight is 100 g/mol. The Bertz CT molecular complexity index is 76.2. The van der Waals surface area contributed by atoms with Gasteiger partial charge in [0.05, 0.1) is 0 Å². The second kappa shape index (κ2) is 4.58. The second-order valence-corrected chi connectivity index (χ2v) is 1.50. The third kappa shape index (κ3) is 3.58. The molecule has 0 N–H and O–H groups in total. The van der Waals surface area contributed by atoms with Crippen molar-refractivity contribution < 1.29 is 1.43 Å². The maximum atomic E-state index is 7.86. The fourth-order valence-electron chi connectivity index (χ4n) is 0.0962. The van der Waals surface area contributed by atoms with Crippen molar-refractivity contribution in [2.75, 3.05) is 5.75 Å². The molecule has 2 heteroatoms. The molecule has 0 spiro atoms. The van der Waals surface area contributed by atoms with E-state index in [0.29, 0.717) is 0 Å². The second-order valence-electron chi connectivity index (χ2n) is 0.691. The van der Waals surface area contributed by atoms with Crippen LogP contribution in [0.25, 0.3) is 0 Å². The monoisotopic (exact) mass is 100 g/mol. The van der Waals surface area contributed by atoms with Crippen molar-refractivity contribution in [2.45, 2.75) is 0 Å². The molecule has 32 valence electrons. The lowest BCUT2D eigenvalue weighted by Gasteiger charge is -1.70. The largest absolute Gasteiger partial charge is 1.00 e. The predicted molar refractivity (Wildman–Crippen MR) is 29.4 cm³/mol. The van der Waals surface area contributed by atoms with E-state index in [2.05, 4.69) is 6.58 Å². The minimum Gasteiger partial charge on any atom is -0.185 e. The number of thiocyanates is 1. The van der Waals surface area contributed by atoms with Crippen molar-refractivity contribution in [3.8, 4) is 5.40 Å². The van der Waals surface area contributed by atoms with Crippen LogP contribution in [-0.4, -0.2) is 5.75 Å². The minimum absolute atomic E-state index is 0. The van der Waals surface area contributed by atoms with E-state index in [9.17, 15) is 0 Å². The van der Waals surface area contributed by atoms with Gasteiger partial charge in [-0.15, -0.1) is 6.58 Å². The van der Waals surface area contributed by atoms with Crippen LogP contribution in [-0.2, 0) is 0 Å². The van der Waals surface area contributed by atoms with Crippen LogP contribution in [0.15, 0.2) is 12.7 Å². The highest BCUT2D eigenvalue weighted by atomic mass is 32.2. The molecule has 0 radical (unpaired) electrons. The standard InChI is InChI=1S/C4H5NS/c1-2-3-6-4-5/h2H,1,3H2/p+1. The summed E-state index contributed by atoms with van der Waals surface area (Å²) in [7, 11) is 0. The van der Waals surface area contributed by atoms with E-state index < -0.39 is 0 Å². The summed E-state index contributed by atoms with van der Waals surface area (Å²) < 4.78 is 0. The molecular formula is C4H6NS+. The van der Waals surface area contributed by atoms with Gasteiger partial charge < -0.3 is 0 Å². The molecular weight excluding hydrogens is 94.1 g/mol. The molecule has 0 amide bonds. The van der Waals surface area contributed by atoms with Gasteiger partial charge in [0.2, 0.25) is 0 Å². The van der Waals surface area contributed by atoms with Crippen LogP contribution < -0.4 is 0 Å². The smallest absolute Gasteiger partial charge is 0.185 e. The van der Waals surface area contributed by atoms with Crippen molar-refractivity contribution in [1.29, 1.82) is 5.26 Å². The first-order valence-corrected chi connectivity index (χ1v) is 2.52. The van der Waals surface area contributed by atoms with Gasteiger partial charge in [0.1, 0.15) is 5.40 Å². The summed E-state index contributed by atoms with van der Waals surface area (Å²) in [6, 6.07) is 0. The maximum absolute atomic E-state index is 7.86. The van der Waals surface area contributed by atoms with E-state index in [1.807, 2.05) is 5.40 Å². The van der Waals surface area contributed by atoms with Crippen LogP contribution in [0.3, 0.4) is 0 Å². The van der Waals surface area contributed by atoms with Gasteiger partial charge in [-0.25, -0.2) is 0 Å². The average Bonchev–Trinajstić information content (AvgIpc) is 1.61. The lowest BCUT2D eigenvalue weighted by atomic mass is 10.8. The van der Waals surface area contributed by atoms with Gasteiger partial charge in [0.25, 0.3) is 0 Å². The third-order valence-corrected chi connectivity index (χ3v) is 0.797. The minimum atomic E-state index is 0. The van der Waals surface area contributed by atoms with Gasteiger partial charge in [-0.3, -0.25) is 0 Å². The van der Waals surface area contributed by atoms with E-state index in [-0.39, 0.29) is 1.43 Å². The summed E-state index contributed by atoms with van der Waals surface area (Å²) in [5.74, 6) is 0.733. The molecule has 6 heavy (non-hydrogen) atoms. The molecule has 0 atom stereocenters. The van der Waals surface area contributed by atoms with E-state index in [4.69, 9.17) is 5.26 Å². The highest BCUT2D eigenvalue weighted by Crippen LogP contribution is 1.92. The highest BCUT2D eigenvalue weighted by molar-refractivity contribution is 8.03. The molecule has 0 saturated carbocycles. The zero-order valence-electron chi connectivity index (χ0n) is 4.35. The number of nitriles is 1. The number of nitrogens with zero attached hydrogens (tertiary/aromatic N) is 1. The van der Waals surface area contributed by atoms with Crippen LogP contribution in [0.5, 0.6) is 0 Å². The Hall–Kier alpha value is -0.420. The zero-order chi connectivity index (χ0) is 4.83. The summed E-state index contributed by atoms with van der Waals surface area (Å²) in [5.41, 5.74) is 0. The topological polar surface area (TPSA) is 23.8 Å². The molecule has 0 aliphatic rings. The van der Waals surface area contributed by atoms with Gasteiger partial charge >= 0.3 is 1.43 Å². The summed E-state index contributed by atoms with van der Waals surface area (Å²) in [5, 5.41) is 9.78. The van der Waals surface area contributed by atoms with Gasteiger partial charge in [-0.1, -0.05) is 6.08 Å². The first-order chi connectivity index (χ1) is 2.91. The summed E-state index contributed by atoms with van der Waals surface area (Å²) in [4.78, 5) is 0. The molecule has 0 unspecified atom stereocenters. The van der Waals surface area contributed by atoms with Crippen LogP contribution in [0.4, 0.5) is 0 Å². The van der Waals surface area contributed by atoms with Crippen LogP contribution >= 0.6 is 11.8 Å². The molecule has 0 aliphatic carbocycles. The fraction of sp³-hybridized carbons (Fsp3) is 0.250. The summed E-state index contributed by atoms with van der Waals surface area (Å²) in [6.07, 6.45) is 1.70. The van der Waals surface area contributed by atoms with Crippen molar-refractivity contribution in [3.63, 3.8) is 0 Å². The third-order valence-electron chi connectivity index (χ3n) is 0.266. The predicted octanol–water partition coefficient (Wildman–Crippen LogP) is 1.50. The van der Waals surface area contributed by atoms with Gasteiger partial charge in [-0.05, 0) is 11.8 Å². The Kier molecular flexibility index (Phi) is 4.26. The van der Waals surface area contributed by atoms with E-state index in [0.717, 1.165) is 5.75 Å². The number of hydrogen-bond donors (Lipinski definition) is 0. The quantitative estimate of drug-likeness (QED) is 0.298. The maximum Gasteiger partial charge on any atom is 1.00 e. The molecule has 0 rings (SSSR count). The Labute approximate surface area is 43.1 Å². The van der Waals surface area contributed by atoms with E-state index in [1.54, 1.807) is 6.08 Å². The first-order valence-electron chi connectivity index (χ1n) is 1.53. The molecule has 1 nitrogen and oxygen atoms in total. The molecule has 0 bridgehead atoms. The van der Waals surface area contributed by atoms with Gasteiger partial charge in [0, 0.05) is 5.75 Å². The number of rotatable bonds is 2. The van der Waals surface area contributed by atoms with Crippen molar-refractivity contribution >= 4 is 11.8 Å². The molecule has 0 aliphatic heterocycles. The number of hydrogen-bond acceptors (Lipinski definition) is 2. The highest BCUT2D eigenvalue weighted by Gasteiger charge is 1.69. The number of thioether (sulfide) groups is 1. The van der Waals surface area contributed by atoms with Crippen LogP contribution in [0.1, 0.15) is 1.43 Å². The summed E-state index contributed by atoms with van der Waals surface area (Å²) >= 11 is 1.20. The Morgan fingerprint density at radius 3 is 3.00 bits per heavy atom. The molecule has 0 aromatic carbocycles. The van der Waals surface area contributed by atoms with Crippen LogP contribution in [0, 0.1) is 10.7 Å². The lowest BCUT2D eigenvalue weighted by Crippen LogP contribution is -1.57. The first kappa shape index (κ1) is 5.58. The summed E-state index contributed by atoms with van der Waals surface area (Å²) in [6.45, 7) is 3.43. The van der Waals surface area contributed by atoms with E-state index in [1.165, 1.54) is 11.8 Å². The SMILES string of the molecule is C=CCSC#N.[H+]. The molecule has 0 saturated heterocycles. The molecule has 0 aromatic heterocycles. The Balaban J connectivity index is 0. The van der Waals surface area contributed by atoms with Crippen LogP contribution in [0.2, 0.25) is 0 Å². The normalized spacial score (nSPS) is 6.50. The van der Waals surface area contributed by atoms with Crippen molar-refractivity contribution in [2.24, 2.45) is 0 Å². The molecule has 0 aromatic rings. The van der Waals surface area contributed by atoms with Gasteiger partial charge in [-0.2, -0.15) is 5.26 Å². The Morgan fingerprint density at radius 2 is 2.83 bits per heavy atom. The van der Waals surface area contributed by atoms with Crippen molar-refractivity contribution in [3.05, 3.63) is 12.7 Å². The van der Waals surface area contributed by atoms with E-state index >= 15 is 0 Å². The molecule has 0 fully saturated rings. The Morgan fingerprint density at radius 1 is 2.17 bits per heavy atom. The molecule has 0 heterocycles. The zero-order valence-corrected chi connectivity index (χ0v) is 4.16. The lowest BCUT2D eigenvalue weighted by molar-refractivity contribution is 1.57. The van der Waals surface area contributed by atoms with Crippen molar-refractivity contribution in [1.82, 2.24) is 0 Å².